The van der Waals surface area contributed by atoms with E-state index in [0.29, 0.717) is 11.4 Å². The minimum absolute atomic E-state index is 0.0396. The molecule has 1 unspecified atom stereocenters. The van der Waals surface area contributed by atoms with E-state index in [1.165, 1.54) is 12.3 Å². The second-order valence-electron chi connectivity index (χ2n) is 4.85. The largest absolute Gasteiger partial charge is 0.466 e. The number of hydrogen-bond donors (Lipinski definition) is 1. The van der Waals surface area contributed by atoms with Gasteiger partial charge in [-0.3, -0.25) is 10.1 Å². The molecule has 20 heavy (non-hydrogen) atoms. The predicted octanol–water partition coefficient (Wildman–Crippen LogP) is 3.68. The Kier molecular flexibility index (Phi) is 3.74. The van der Waals surface area contributed by atoms with Crippen LogP contribution in [0.15, 0.2) is 22.7 Å². The Morgan fingerprint density at radius 2 is 2.05 bits per heavy atom. The molecule has 2 rings (SSSR count). The van der Waals surface area contributed by atoms with E-state index in [2.05, 4.69) is 10.3 Å². The maximum atomic E-state index is 10.9. The lowest BCUT2D eigenvalue weighted by Crippen LogP contribution is -2.08. The van der Waals surface area contributed by atoms with Crippen molar-refractivity contribution in [3.8, 4) is 0 Å². The van der Waals surface area contributed by atoms with E-state index < -0.39 is 4.92 Å². The van der Waals surface area contributed by atoms with E-state index in [0.717, 1.165) is 17.1 Å². The maximum absolute atomic E-state index is 10.9. The van der Waals surface area contributed by atoms with Crippen LogP contribution in [0.4, 0.5) is 11.5 Å². The highest BCUT2D eigenvalue weighted by molar-refractivity contribution is 5.50. The highest BCUT2D eigenvalue weighted by Crippen LogP contribution is 2.26. The summed E-state index contributed by atoms with van der Waals surface area (Å²) in [7, 11) is 0. The SMILES string of the molecule is Cc1cc(C(C)Nc2cc([N+](=O)[O-])c(C)cn2)c(C)o1. The first-order valence-electron chi connectivity index (χ1n) is 6.33. The summed E-state index contributed by atoms with van der Waals surface area (Å²) in [5.41, 5.74) is 1.63. The topological polar surface area (TPSA) is 81.2 Å². The smallest absolute Gasteiger partial charge is 0.277 e. The Morgan fingerprint density at radius 1 is 1.35 bits per heavy atom. The maximum Gasteiger partial charge on any atom is 0.277 e. The van der Waals surface area contributed by atoms with Gasteiger partial charge < -0.3 is 9.73 Å². The summed E-state index contributed by atoms with van der Waals surface area (Å²) in [5.74, 6) is 2.16. The molecule has 2 aromatic rings. The van der Waals surface area contributed by atoms with Gasteiger partial charge in [0.15, 0.2) is 0 Å². The van der Waals surface area contributed by atoms with Crippen LogP contribution in [0.25, 0.3) is 0 Å². The lowest BCUT2D eigenvalue weighted by molar-refractivity contribution is -0.385. The van der Waals surface area contributed by atoms with Crippen LogP contribution in [0.3, 0.4) is 0 Å². The predicted molar refractivity (Wildman–Crippen MR) is 75.8 cm³/mol. The van der Waals surface area contributed by atoms with Crippen LogP contribution in [-0.2, 0) is 0 Å². The van der Waals surface area contributed by atoms with E-state index in [4.69, 9.17) is 4.42 Å². The van der Waals surface area contributed by atoms with Crippen LogP contribution in [0.2, 0.25) is 0 Å². The van der Waals surface area contributed by atoms with Crippen molar-refractivity contribution in [2.75, 3.05) is 5.32 Å². The third-order valence-electron chi connectivity index (χ3n) is 3.18. The molecule has 0 saturated heterocycles. The number of aryl methyl sites for hydroxylation is 3. The number of pyridine rings is 1. The van der Waals surface area contributed by atoms with Gasteiger partial charge in [-0.2, -0.15) is 0 Å². The van der Waals surface area contributed by atoms with Crippen LogP contribution in [0.1, 0.15) is 35.6 Å². The first kappa shape index (κ1) is 14.0. The van der Waals surface area contributed by atoms with E-state index in [9.17, 15) is 10.1 Å². The van der Waals surface area contributed by atoms with Gasteiger partial charge in [-0.15, -0.1) is 0 Å². The van der Waals surface area contributed by atoms with Crippen LogP contribution in [0.5, 0.6) is 0 Å². The second kappa shape index (κ2) is 5.32. The summed E-state index contributed by atoms with van der Waals surface area (Å²) in [6, 6.07) is 3.37. The first-order valence-corrected chi connectivity index (χ1v) is 6.33. The van der Waals surface area contributed by atoms with Crippen molar-refractivity contribution in [1.82, 2.24) is 4.98 Å². The van der Waals surface area contributed by atoms with Crippen LogP contribution >= 0.6 is 0 Å². The molecule has 0 aliphatic heterocycles. The van der Waals surface area contributed by atoms with Crippen molar-refractivity contribution in [2.24, 2.45) is 0 Å². The molecule has 2 heterocycles. The van der Waals surface area contributed by atoms with Crippen molar-refractivity contribution >= 4 is 11.5 Å². The Bertz CT molecular complexity index is 649. The number of nitrogens with one attached hydrogen (secondary N) is 1. The van der Waals surface area contributed by atoms with Gasteiger partial charge in [0.05, 0.1) is 17.0 Å². The molecule has 1 atom stereocenters. The highest BCUT2D eigenvalue weighted by Gasteiger charge is 2.16. The van der Waals surface area contributed by atoms with Gasteiger partial charge in [0.25, 0.3) is 5.69 Å². The average Bonchev–Trinajstić information content (AvgIpc) is 2.70. The molecule has 0 amide bonds. The Morgan fingerprint density at radius 3 is 2.60 bits per heavy atom. The molecule has 0 saturated carbocycles. The van der Waals surface area contributed by atoms with Gasteiger partial charge in [0.2, 0.25) is 0 Å². The first-order chi connectivity index (χ1) is 9.38. The fourth-order valence-electron chi connectivity index (χ4n) is 2.17. The van der Waals surface area contributed by atoms with Gasteiger partial charge in [0.1, 0.15) is 17.3 Å². The van der Waals surface area contributed by atoms with Gasteiger partial charge >= 0.3 is 0 Å². The Hall–Kier alpha value is -2.37. The molecule has 0 aliphatic rings. The molecule has 0 radical (unpaired) electrons. The van der Waals surface area contributed by atoms with Crippen LogP contribution in [-0.4, -0.2) is 9.91 Å². The van der Waals surface area contributed by atoms with Gasteiger partial charge in [0, 0.05) is 17.3 Å². The Balaban J connectivity index is 2.24. The normalized spacial score (nSPS) is 12.2. The zero-order valence-electron chi connectivity index (χ0n) is 11.9. The number of nitro groups is 1. The molecular formula is C14H17N3O3. The van der Waals surface area contributed by atoms with Crippen LogP contribution in [0, 0.1) is 30.9 Å². The minimum atomic E-state index is -0.403. The molecule has 6 heteroatoms. The molecule has 0 fully saturated rings. The fraction of sp³-hybridized carbons (Fsp3) is 0.357. The third kappa shape index (κ3) is 2.79. The molecule has 0 spiro atoms. The Labute approximate surface area is 117 Å². The number of furan rings is 1. The summed E-state index contributed by atoms with van der Waals surface area (Å²) in [5, 5.41) is 14.1. The number of rotatable bonds is 4. The number of anilines is 1. The molecule has 0 aromatic carbocycles. The lowest BCUT2D eigenvalue weighted by atomic mass is 10.1. The summed E-state index contributed by atoms with van der Waals surface area (Å²) in [4.78, 5) is 14.7. The van der Waals surface area contributed by atoms with Crippen LogP contribution < -0.4 is 5.32 Å². The molecule has 6 nitrogen and oxygen atoms in total. The zero-order valence-corrected chi connectivity index (χ0v) is 11.9. The molecule has 1 N–H and O–H groups in total. The van der Waals surface area contributed by atoms with E-state index in [1.807, 2.05) is 26.8 Å². The molecular weight excluding hydrogens is 258 g/mol. The minimum Gasteiger partial charge on any atom is -0.466 e. The van der Waals surface area contributed by atoms with Crippen molar-refractivity contribution in [3.63, 3.8) is 0 Å². The lowest BCUT2D eigenvalue weighted by Gasteiger charge is -2.13. The standard InChI is InChI=1S/C14H17N3O3/c1-8-7-15-14(6-13(8)17(18)19)16-10(3)12-5-9(2)20-11(12)4/h5-7,10H,1-4H3,(H,15,16). The summed E-state index contributed by atoms with van der Waals surface area (Å²) in [6.07, 6.45) is 1.50. The quantitative estimate of drug-likeness (QED) is 0.680. The van der Waals surface area contributed by atoms with Crippen molar-refractivity contribution in [2.45, 2.75) is 33.7 Å². The molecule has 106 valence electrons. The number of nitrogens with zero attached hydrogens (tertiary/aromatic N) is 2. The van der Waals surface area contributed by atoms with E-state index in [1.54, 1.807) is 6.92 Å². The number of hydrogen-bond acceptors (Lipinski definition) is 5. The van der Waals surface area contributed by atoms with Gasteiger partial charge in [-0.1, -0.05) is 0 Å². The second-order valence-corrected chi connectivity index (χ2v) is 4.85. The van der Waals surface area contributed by atoms with Gasteiger partial charge in [-0.05, 0) is 33.8 Å². The highest BCUT2D eigenvalue weighted by atomic mass is 16.6. The zero-order chi connectivity index (χ0) is 14.9. The average molecular weight is 275 g/mol. The summed E-state index contributed by atoms with van der Waals surface area (Å²) >= 11 is 0. The molecule has 0 aliphatic carbocycles. The third-order valence-corrected chi connectivity index (χ3v) is 3.18. The molecule has 2 aromatic heterocycles. The van der Waals surface area contributed by atoms with E-state index in [-0.39, 0.29) is 11.7 Å². The number of aromatic nitrogens is 1. The van der Waals surface area contributed by atoms with Crippen molar-refractivity contribution in [1.29, 1.82) is 0 Å². The van der Waals surface area contributed by atoms with E-state index >= 15 is 0 Å². The monoisotopic (exact) mass is 275 g/mol. The fourth-order valence-corrected chi connectivity index (χ4v) is 2.17. The van der Waals surface area contributed by atoms with Crippen molar-refractivity contribution < 1.29 is 9.34 Å². The molecule has 0 bridgehead atoms. The summed E-state index contributed by atoms with van der Waals surface area (Å²) < 4.78 is 5.49. The van der Waals surface area contributed by atoms with Crippen molar-refractivity contribution in [3.05, 3.63) is 51.1 Å². The summed E-state index contributed by atoms with van der Waals surface area (Å²) in [6.45, 7) is 7.41. The van der Waals surface area contributed by atoms with Gasteiger partial charge in [-0.25, -0.2) is 4.98 Å².